The van der Waals surface area contributed by atoms with Gasteiger partial charge in [-0.25, -0.2) is 15.0 Å². The SMILES string of the molecule is CCc1cc(N2CCC(NCc3nc(C)cc(C)n3)CC2)nc(N(C)C)n1. The third-order valence-electron chi connectivity index (χ3n) is 4.91. The van der Waals surface area contributed by atoms with Gasteiger partial charge >= 0.3 is 0 Å². The van der Waals surface area contributed by atoms with Crippen molar-refractivity contribution in [2.75, 3.05) is 37.0 Å². The van der Waals surface area contributed by atoms with Gasteiger partial charge in [0.05, 0.1) is 6.54 Å². The molecule has 1 N–H and O–H groups in total. The minimum atomic E-state index is 0.492. The number of aryl methyl sites for hydroxylation is 3. The van der Waals surface area contributed by atoms with Gasteiger partial charge in [-0.3, -0.25) is 0 Å². The Morgan fingerprint density at radius 1 is 1.04 bits per heavy atom. The van der Waals surface area contributed by atoms with Crippen molar-refractivity contribution in [3.05, 3.63) is 35.0 Å². The van der Waals surface area contributed by atoms with Gasteiger partial charge in [-0.2, -0.15) is 4.98 Å². The summed E-state index contributed by atoms with van der Waals surface area (Å²) in [7, 11) is 3.98. The molecule has 0 radical (unpaired) electrons. The predicted molar refractivity (Wildman–Crippen MR) is 109 cm³/mol. The maximum Gasteiger partial charge on any atom is 0.227 e. The molecule has 146 valence electrons. The first-order valence-electron chi connectivity index (χ1n) is 9.79. The van der Waals surface area contributed by atoms with Crippen molar-refractivity contribution in [2.45, 2.75) is 52.6 Å². The maximum absolute atomic E-state index is 4.74. The summed E-state index contributed by atoms with van der Waals surface area (Å²) in [6.07, 6.45) is 3.10. The molecule has 2 aromatic rings. The van der Waals surface area contributed by atoms with Crippen LogP contribution in [0.1, 0.15) is 42.7 Å². The quantitative estimate of drug-likeness (QED) is 0.837. The average Bonchev–Trinajstić information content (AvgIpc) is 2.65. The summed E-state index contributed by atoms with van der Waals surface area (Å²) in [5.41, 5.74) is 3.15. The molecule has 3 heterocycles. The minimum absolute atomic E-state index is 0.492. The molecule has 0 bridgehead atoms. The Labute approximate surface area is 162 Å². The van der Waals surface area contributed by atoms with Crippen LogP contribution in [0.4, 0.5) is 11.8 Å². The number of piperidine rings is 1. The third-order valence-corrected chi connectivity index (χ3v) is 4.91. The summed E-state index contributed by atoms with van der Waals surface area (Å²) in [5, 5.41) is 3.62. The van der Waals surface area contributed by atoms with E-state index >= 15 is 0 Å². The Bertz CT molecular complexity index is 747. The Hall–Kier alpha value is -2.28. The highest BCUT2D eigenvalue weighted by Crippen LogP contribution is 2.21. The second-order valence-electron chi connectivity index (χ2n) is 7.47. The van der Waals surface area contributed by atoms with E-state index in [2.05, 4.69) is 38.2 Å². The van der Waals surface area contributed by atoms with E-state index in [1.165, 1.54) is 0 Å². The number of aromatic nitrogens is 4. The zero-order valence-electron chi connectivity index (χ0n) is 17.2. The van der Waals surface area contributed by atoms with Crippen LogP contribution < -0.4 is 15.1 Å². The van der Waals surface area contributed by atoms with E-state index in [0.29, 0.717) is 6.04 Å². The zero-order valence-corrected chi connectivity index (χ0v) is 17.2. The molecule has 1 aliphatic heterocycles. The summed E-state index contributed by atoms with van der Waals surface area (Å²) >= 11 is 0. The highest BCUT2D eigenvalue weighted by Gasteiger charge is 2.21. The molecule has 1 aliphatic rings. The molecule has 7 nitrogen and oxygen atoms in total. The fraction of sp³-hybridized carbons (Fsp3) is 0.600. The molecule has 7 heteroatoms. The van der Waals surface area contributed by atoms with Crippen molar-refractivity contribution in [1.82, 2.24) is 25.3 Å². The lowest BCUT2D eigenvalue weighted by atomic mass is 10.0. The molecule has 0 amide bonds. The summed E-state index contributed by atoms with van der Waals surface area (Å²) in [6, 6.07) is 4.63. The van der Waals surface area contributed by atoms with Gasteiger partial charge in [0.15, 0.2) is 0 Å². The van der Waals surface area contributed by atoms with E-state index in [9.17, 15) is 0 Å². The lowest BCUT2D eigenvalue weighted by molar-refractivity contribution is 0.408. The van der Waals surface area contributed by atoms with Crippen LogP contribution in [-0.4, -0.2) is 53.2 Å². The Morgan fingerprint density at radius 3 is 2.30 bits per heavy atom. The maximum atomic E-state index is 4.74. The van der Waals surface area contributed by atoms with Crippen LogP contribution in [0.3, 0.4) is 0 Å². The standard InChI is InChI=1S/C20H31N7/c1-6-16-12-19(25-20(24-16)26(4)5)27-9-7-17(8-10-27)21-13-18-22-14(2)11-15(3)23-18/h11-12,17,21H,6-10,13H2,1-5H3. The number of rotatable bonds is 6. The number of nitrogens with zero attached hydrogens (tertiary/aromatic N) is 6. The molecule has 1 saturated heterocycles. The molecule has 0 unspecified atom stereocenters. The Kier molecular flexibility index (Phi) is 6.21. The molecule has 3 rings (SSSR count). The van der Waals surface area contributed by atoms with E-state index in [1.807, 2.05) is 38.9 Å². The average molecular weight is 370 g/mol. The largest absolute Gasteiger partial charge is 0.356 e. The van der Waals surface area contributed by atoms with Crippen LogP contribution in [0.25, 0.3) is 0 Å². The summed E-state index contributed by atoms with van der Waals surface area (Å²) in [4.78, 5) is 22.7. The minimum Gasteiger partial charge on any atom is -0.356 e. The van der Waals surface area contributed by atoms with E-state index < -0.39 is 0 Å². The molecule has 0 saturated carbocycles. The van der Waals surface area contributed by atoms with Gasteiger partial charge in [-0.05, 0) is 39.2 Å². The van der Waals surface area contributed by atoms with Crippen molar-refractivity contribution in [3.63, 3.8) is 0 Å². The molecule has 1 fully saturated rings. The van der Waals surface area contributed by atoms with Gasteiger partial charge < -0.3 is 15.1 Å². The second-order valence-corrected chi connectivity index (χ2v) is 7.47. The van der Waals surface area contributed by atoms with Crippen LogP contribution >= 0.6 is 0 Å². The first-order valence-corrected chi connectivity index (χ1v) is 9.79. The second kappa shape index (κ2) is 8.61. The van der Waals surface area contributed by atoms with E-state index in [1.54, 1.807) is 0 Å². The van der Waals surface area contributed by atoms with Gasteiger partial charge in [0.25, 0.3) is 0 Å². The highest BCUT2D eigenvalue weighted by atomic mass is 15.3. The third kappa shape index (κ3) is 5.13. The van der Waals surface area contributed by atoms with Crippen LogP contribution in [0.5, 0.6) is 0 Å². The Balaban J connectivity index is 1.58. The summed E-state index contributed by atoms with van der Waals surface area (Å²) in [5.74, 6) is 2.71. The molecular weight excluding hydrogens is 338 g/mol. The molecule has 0 spiro atoms. The van der Waals surface area contributed by atoms with E-state index in [-0.39, 0.29) is 0 Å². The monoisotopic (exact) mass is 369 g/mol. The van der Waals surface area contributed by atoms with Crippen molar-refractivity contribution in [1.29, 1.82) is 0 Å². The number of hydrogen-bond acceptors (Lipinski definition) is 7. The predicted octanol–water partition coefficient (Wildman–Crippen LogP) is 2.27. The number of hydrogen-bond donors (Lipinski definition) is 1. The molecule has 0 aromatic carbocycles. The zero-order chi connectivity index (χ0) is 19.4. The molecule has 0 atom stereocenters. The molecule has 0 aliphatic carbocycles. The normalized spacial score (nSPS) is 15.2. The van der Waals surface area contributed by atoms with Crippen LogP contribution in [0.2, 0.25) is 0 Å². The summed E-state index contributed by atoms with van der Waals surface area (Å²) in [6.45, 7) is 8.90. The van der Waals surface area contributed by atoms with Gasteiger partial charge in [-0.1, -0.05) is 6.92 Å². The van der Waals surface area contributed by atoms with E-state index in [4.69, 9.17) is 4.98 Å². The summed E-state index contributed by atoms with van der Waals surface area (Å²) < 4.78 is 0. The fourth-order valence-corrected chi connectivity index (χ4v) is 3.44. The van der Waals surface area contributed by atoms with Gasteiger partial charge in [0, 0.05) is 56.4 Å². The fourth-order valence-electron chi connectivity index (χ4n) is 3.44. The van der Waals surface area contributed by atoms with Gasteiger partial charge in [0.2, 0.25) is 5.95 Å². The van der Waals surface area contributed by atoms with Crippen LogP contribution in [0, 0.1) is 13.8 Å². The first kappa shape index (κ1) is 19.5. The van der Waals surface area contributed by atoms with Crippen molar-refractivity contribution in [3.8, 4) is 0 Å². The van der Waals surface area contributed by atoms with Crippen LogP contribution in [0.15, 0.2) is 12.1 Å². The van der Waals surface area contributed by atoms with Gasteiger partial charge in [0.1, 0.15) is 11.6 Å². The van der Waals surface area contributed by atoms with Crippen molar-refractivity contribution in [2.24, 2.45) is 0 Å². The first-order chi connectivity index (χ1) is 12.9. The smallest absolute Gasteiger partial charge is 0.227 e. The number of anilines is 2. The highest BCUT2D eigenvalue weighted by molar-refractivity contribution is 5.46. The van der Waals surface area contributed by atoms with Gasteiger partial charge in [-0.15, -0.1) is 0 Å². The lowest BCUT2D eigenvalue weighted by Crippen LogP contribution is -2.43. The molecule has 2 aromatic heterocycles. The molecule has 27 heavy (non-hydrogen) atoms. The van der Waals surface area contributed by atoms with Crippen molar-refractivity contribution >= 4 is 11.8 Å². The molecular formula is C20H31N7. The number of nitrogens with one attached hydrogen (secondary N) is 1. The topological polar surface area (TPSA) is 70.1 Å². The Morgan fingerprint density at radius 2 is 1.70 bits per heavy atom. The van der Waals surface area contributed by atoms with Crippen LogP contribution in [-0.2, 0) is 13.0 Å². The lowest BCUT2D eigenvalue weighted by Gasteiger charge is -2.33. The van der Waals surface area contributed by atoms with E-state index in [0.717, 1.165) is 73.6 Å². The van der Waals surface area contributed by atoms with Crippen molar-refractivity contribution < 1.29 is 0 Å².